The van der Waals surface area contributed by atoms with Crippen molar-refractivity contribution in [3.8, 4) is 6.07 Å². The van der Waals surface area contributed by atoms with Gasteiger partial charge in [0.15, 0.2) is 0 Å². The topological polar surface area (TPSA) is 87.6 Å². The van der Waals surface area contributed by atoms with Gasteiger partial charge in [0.2, 0.25) is 0 Å². The Morgan fingerprint density at radius 3 is 2.96 bits per heavy atom. The Bertz CT molecular complexity index is 924. The molecule has 6 heteroatoms. The molecule has 3 aromatic heterocycles. The molecule has 4 rings (SSSR count). The minimum atomic E-state index is -0.678. The lowest BCUT2D eigenvalue weighted by molar-refractivity contribution is 0.181. The molecule has 1 aliphatic rings. The fourth-order valence-electron chi connectivity index (χ4n) is 3.58. The van der Waals surface area contributed by atoms with Gasteiger partial charge in [-0.3, -0.25) is 9.97 Å². The zero-order valence-corrected chi connectivity index (χ0v) is 12.8. The van der Waals surface area contributed by atoms with E-state index in [0.717, 1.165) is 41.3 Å². The number of imidazole rings is 1. The molecule has 0 radical (unpaired) electrons. The maximum atomic E-state index is 10.2. The molecule has 116 valence electrons. The number of nitriles is 1. The van der Waals surface area contributed by atoms with E-state index < -0.39 is 6.10 Å². The van der Waals surface area contributed by atoms with Crippen LogP contribution in [0.1, 0.15) is 44.2 Å². The monoisotopic (exact) mass is 307 g/mol. The zero-order valence-electron chi connectivity index (χ0n) is 12.8. The number of rotatable bonds is 2. The van der Waals surface area contributed by atoms with E-state index >= 15 is 0 Å². The van der Waals surface area contributed by atoms with Crippen LogP contribution >= 0.6 is 0 Å². The van der Waals surface area contributed by atoms with E-state index in [1.807, 2.05) is 12.1 Å². The van der Waals surface area contributed by atoms with Gasteiger partial charge < -0.3 is 9.67 Å². The van der Waals surface area contributed by atoms with Gasteiger partial charge in [0.25, 0.3) is 0 Å². The molecule has 0 spiro atoms. The Balaban J connectivity index is 2.01. The SMILES string of the molecule is C[C@@H](O)c1nc2cnc3cccnc3c2n1[C@H]1CC[C@@H](C#N)C1. The van der Waals surface area contributed by atoms with E-state index in [4.69, 9.17) is 0 Å². The summed E-state index contributed by atoms with van der Waals surface area (Å²) in [5, 5.41) is 19.4. The first kappa shape index (κ1) is 14.1. The van der Waals surface area contributed by atoms with E-state index in [1.54, 1.807) is 19.3 Å². The van der Waals surface area contributed by atoms with Crippen molar-refractivity contribution in [2.24, 2.45) is 5.92 Å². The van der Waals surface area contributed by atoms with Crippen molar-refractivity contribution >= 4 is 22.1 Å². The molecule has 0 aliphatic heterocycles. The van der Waals surface area contributed by atoms with Crippen molar-refractivity contribution in [1.82, 2.24) is 19.5 Å². The average Bonchev–Trinajstić information content (AvgIpc) is 3.18. The van der Waals surface area contributed by atoms with Gasteiger partial charge in [-0.05, 0) is 38.3 Å². The van der Waals surface area contributed by atoms with Crippen LogP contribution < -0.4 is 0 Å². The smallest absolute Gasteiger partial charge is 0.138 e. The molecule has 6 nitrogen and oxygen atoms in total. The van der Waals surface area contributed by atoms with Crippen molar-refractivity contribution in [3.63, 3.8) is 0 Å². The Hall–Kier alpha value is -2.52. The maximum Gasteiger partial charge on any atom is 0.138 e. The molecule has 0 amide bonds. The molecule has 3 atom stereocenters. The van der Waals surface area contributed by atoms with E-state index in [2.05, 4.69) is 25.6 Å². The van der Waals surface area contributed by atoms with Gasteiger partial charge in [0.1, 0.15) is 23.0 Å². The lowest BCUT2D eigenvalue weighted by atomic mass is 10.1. The summed E-state index contributed by atoms with van der Waals surface area (Å²) in [6.07, 6.45) is 5.39. The summed E-state index contributed by atoms with van der Waals surface area (Å²) >= 11 is 0. The van der Waals surface area contributed by atoms with E-state index in [-0.39, 0.29) is 12.0 Å². The van der Waals surface area contributed by atoms with Crippen LogP contribution in [-0.2, 0) is 0 Å². The predicted octanol–water partition coefficient (Wildman–Crippen LogP) is 2.90. The summed E-state index contributed by atoms with van der Waals surface area (Å²) in [6, 6.07) is 6.32. The van der Waals surface area contributed by atoms with Crippen molar-refractivity contribution in [1.29, 1.82) is 5.26 Å². The molecule has 0 bridgehead atoms. The van der Waals surface area contributed by atoms with E-state index in [1.165, 1.54) is 0 Å². The second-order valence-corrected chi connectivity index (χ2v) is 6.17. The summed E-state index contributed by atoms with van der Waals surface area (Å²) in [7, 11) is 0. The Kier molecular flexibility index (Phi) is 3.24. The molecule has 1 aliphatic carbocycles. The summed E-state index contributed by atoms with van der Waals surface area (Å²) in [6.45, 7) is 1.72. The van der Waals surface area contributed by atoms with Crippen molar-refractivity contribution in [2.75, 3.05) is 0 Å². The van der Waals surface area contributed by atoms with Gasteiger partial charge in [0.05, 0.1) is 23.3 Å². The summed E-state index contributed by atoms with van der Waals surface area (Å²) in [4.78, 5) is 13.5. The van der Waals surface area contributed by atoms with Crippen LogP contribution in [0.4, 0.5) is 0 Å². The Morgan fingerprint density at radius 2 is 2.22 bits per heavy atom. The third kappa shape index (κ3) is 2.16. The molecule has 3 aromatic rings. The highest BCUT2D eigenvalue weighted by Crippen LogP contribution is 2.39. The third-order valence-electron chi connectivity index (χ3n) is 4.63. The third-order valence-corrected chi connectivity index (χ3v) is 4.63. The first-order chi connectivity index (χ1) is 11.2. The highest BCUT2D eigenvalue weighted by molar-refractivity contribution is 5.99. The van der Waals surface area contributed by atoms with Crippen molar-refractivity contribution < 1.29 is 5.11 Å². The standard InChI is InChI=1S/C17H17N5O/c1-10(23)17-21-14-9-20-13-3-2-6-19-15(13)16(14)22(17)12-5-4-11(7-12)8-18/h2-3,6,9-12,23H,4-5,7H2,1H3/t10-,11-,12+/m1/s1. The van der Waals surface area contributed by atoms with E-state index in [9.17, 15) is 10.4 Å². The number of aliphatic hydroxyl groups excluding tert-OH is 1. The minimum absolute atomic E-state index is 0.0698. The highest BCUT2D eigenvalue weighted by atomic mass is 16.3. The summed E-state index contributed by atoms with van der Waals surface area (Å²) < 4.78 is 2.09. The van der Waals surface area contributed by atoms with Gasteiger partial charge in [-0.25, -0.2) is 4.98 Å². The quantitative estimate of drug-likeness (QED) is 0.786. The number of aromatic nitrogens is 4. The molecule has 1 fully saturated rings. The molecule has 1 saturated carbocycles. The minimum Gasteiger partial charge on any atom is -0.385 e. The lowest BCUT2D eigenvalue weighted by Crippen LogP contribution is -2.12. The fraction of sp³-hybridized carbons (Fsp3) is 0.412. The number of aliphatic hydroxyl groups is 1. The molecule has 0 unspecified atom stereocenters. The number of nitrogens with zero attached hydrogens (tertiary/aromatic N) is 5. The maximum absolute atomic E-state index is 10.2. The van der Waals surface area contributed by atoms with Crippen LogP contribution in [-0.4, -0.2) is 24.6 Å². The van der Waals surface area contributed by atoms with Crippen LogP contribution in [0.5, 0.6) is 0 Å². The van der Waals surface area contributed by atoms with Gasteiger partial charge >= 0.3 is 0 Å². The molecular formula is C17H17N5O. The zero-order chi connectivity index (χ0) is 16.0. The van der Waals surface area contributed by atoms with Crippen LogP contribution in [0.2, 0.25) is 0 Å². The molecule has 0 aromatic carbocycles. The van der Waals surface area contributed by atoms with Crippen molar-refractivity contribution in [3.05, 3.63) is 30.4 Å². The summed E-state index contributed by atoms with van der Waals surface area (Å²) in [5.74, 6) is 0.698. The average molecular weight is 307 g/mol. The molecule has 1 N–H and O–H groups in total. The van der Waals surface area contributed by atoms with Gasteiger partial charge in [-0.1, -0.05) is 0 Å². The number of hydrogen-bond donors (Lipinski definition) is 1. The van der Waals surface area contributed by atoms with Gasteiger partial charge in [-0.15, -0.1) is 0 Å². The van der Waals surface area contributed by atoms with E-state index in [0.29, 0.717) is 5.82 Å². The van der Waals surface area contributed by atoms with Crippen LogP contribution in [0.3, 0.4) is 0 Å². The predicted molar refractivity (Wildman–Crippen MR) is 85.5 cm³/mol. The largest absolute Gasteiger partial charge is 0.385 e. The number of fused-ring (bicyclic) bond motifs is 3. The molecule has 0 saturated heterocycles. The first-order valence-corrected chi connectivity index (χ1v) is 7.88. The van der Waals surface area contributed by atoms with Crippen LogP contribution in [0, 0.1) is 17.2 Å². The lowest BCUT2D eigenvalue weighted by Gasteiger charge is -2.18. The van der Waals surface area contributed by atoms with Crippen molar-refractivity contribution in [2.45, 2.75) is 38.3 Å². The second-order valence-electron chi connectivity index (χ2n) is 6.17. The Labute approximate surface area is 133 Å². The van der Waals surface area contributed by atoms with Gasteiger partial charge in [0, 0.05) is 18.2 Å². The van der Waals surface area contributed by atoms with Crippen LogP contribution in [0.25, 0.3) is 22.1 Å². The first-order valence-electron chi connectivity index (χ1n) is 7.88. The normalized spacial score (nSPS) is 22.5. The number of hydrogen-bond acceptors (Lipinski definition) is 5. The van der Waals surface area contributed by atoms with Crippen LogP contribution in [0.15, 0.2) is 24.5 Å². The summed E-state index contributed by atoms with van der Waals surface area (Å²) in [5.41, 5.74) is 3.26. The molecule has 23 heavy (non-hydrogen) atoms. The fourth-order valence-corrected chi connectivity index (χ4v) is 3.58. The highest BCUT2D eigenvalue weighted by Gasteiger charge is 2.30. The molecular weight excluding hydrogens is 290 g/mol. The Morgan fingerprint density at radius 1 is 1.35 bits per heavy atom. The number of pyridine rings is 2. The van der Waals surface area contributed by atoms with Gasteiger partial charge in [-0.2, -0.15) is 5.26 Å². The molecule has 3 heterocycles. The second kappa shape index (κ2) is 5.28.